The summed E-state index contributed by atoms with van der Waals surface area (Å²) in [5, 5.41) is 0. The minimum Gasteiger partial charge on any atom is -0.255 e. The van der Waals surface area contributed by atoms with Gasteiger partial charge in [-0.05, 0) is 24.3 Å². The van der Waals surface area contributed by atoms with Crippen LogP contribution in [0, 0.1) is 0 Å². The summed E-state index contributed by atoms with van der Waals surface area (Å²) in [6, 6.07) is 11.6. The van der Waals surface area contributed by atoms with E-state index in [0.717, 1.165) is 11.4 Å². The zero-order valence-corrected chi connectivity index (χ0v) is 8.49. The number of hydrogen-bond acceptors (Lipinski definition) is 2. The quantitative estimate of drug-likeness (QED) is 0.733. The normalized spacial score (nSPS) is 8.92. The molecule has 1 radical (unpaired) electrons. The molecule has 0 aliphatic heterocycles. The second-order valence-electron chi connectivity index (χ2n) is 2.43. The van der Waals surface area contributed by atoms with Gasteiger partial charge in [0.15, 0.2) is 0 Å². The van der Waals surface area contributed by atoms with Gasteiger partial charge >= 0.3 is 0 Å². The van der Waals surface area contributed by atoms with Gasteiger partial charge in [-0.3, -0.25) is 9.97 Å². The fraction of sp³-hybridized carbons (Fsp3) is 0. The third kappa shape index (κ3) is 2.43. The SMILES string of the molecule is [Rh].c1ccc(-c2ccccn2)nc1. The van der Waals surface area contributed by atoms with E-state index in [1.807, 2.05) is 36.4 Å². The Labute approximate surface area is 89.8 Å². The van der Waals surface area contributed by atoms with E-state index in [1.165, 1.54) is 0 Å². The van der Waals surface area contributed by atoms with Gasteiger partial charge in [0, 0.05) is 31.9 Å². The molecule has 2 aromatic heterocycles. The van der Waals surface area contributed by atoms with E-state index >= 15 is 0 Å². The second kappa shape index (κ2) is 4.83. The van der Waals surface area contributed by atoms with Gasteiger partial charge in [0.2, 0.25) is 0 Å². The van der Waals surface area contributed by atoms with E-state index in [1.54, 1.807) is 12.4 Å². The van der Waals surface area contributed by atoms with Crippen LogP contribution in [0.3, 0.4) is 0 Å². The molecule has 0 fully saturated rings. The Bertz CT molecular complexity index is 310. The van der Waals surface area contributed by atoms with Crippen molar-refractivity contribution in [2.24, 2.45) is 0 Å². The predicted octanol–water partition coefficient (Wildman–Crippen LogP) is 2.14. The molecule has 0 saturated heterocycles. The summed E-state index contributed by atoms with van der Waals surface area (Å²) in [4.78, 5) is 8.37. The molecule has 2 rings (SSSR count). The summed E-state index contributed by atoms with van der Waals surface area (Å²) in [6.07, 6.45) is 3.54. The van der Waals surface area contributed by atoms with Crippen molar-refractivity contribution in [3.05, 3.63) is 48.8 Å². The average Bonchev–Trinajstić information content (AvgIpc) is 2.21. The van der Waals surface area contributed by atoms with Gasteiger partial charge < -0.3 is 0 Å². The zero-order chi connectivity index (χ0) is 8.23. The van der Waals surface area contributed by atoms with Crippen molar-refractivity contribution < 1.29 is 19.5 Å². The van der Waals surface area contributed by atoms with Gasteiger partial charge in [0.1, 0.15) is 0 Å². The van der Waals surface area contributed by atoms with Gasteiger partial charge in [0.05, 0.1) is 11.4 Å². The maximum atomic E-state index is 4.19. The smallest absolute Gasteiger partial charge is 0.0886 e. The molecule has 0 saturated carbocycles. The molecule has 0 atom stereocenters. The molecule has 3 heteroatoms. The van der Waals surface area contributed by atoms with Crippen LogP contribution in [0.4, 0.5) is 0 Å². The summed E-state index contributed by atoms with van der Waals surface area (Å²) in [7, 11) is 0. The number of pyridine rings is 2. The van der Waals surface area contributed by atoms with Crippen LogP contribution >= 0.6 is 0 Å². The molecule has 2 heterocycles. The summed E-state index contributed by atoms with van der Waals surface area (Å²) >= 11 is 0. The molecule has 13 heavy (non-hydrogen) atoms. The molecule has 0 N–H and O–H groups in total. The topological polar surface area (TPSA) is 25.8 Å². The Morgan fingerprint density at radius 1 is 0.692 bits per heavy atom. The van der Waals surface area contributed by atoms with Crippen LogP contribution in [-0.2, 0) is 19.5 Å². The number of rotatable bonds is 1. The van der Waals surface area contributed by atoms with Crippen LogP contribution in [0.25, 0.3) is 11.4 Å². The van der Waals surface area contributed by atoms with Crippen LogP contribution in [0.2, 0.25) is 0 Å². The van der Waals surface area contributed by atoms with Crippen molar-refractivity contribution in [2.45, 2.75) is 0 Å². The molecular weight excluding hydrogens is 251 g/mol. The van der Waals surface area contributed by atoms with E-state index < -0.39 is 0 Å². The fourth-order valence-corrected chi connectivity index (χ4v) is 1.03. The van der Waals surface area contributed by atoms with Crippen LogP contribution in [0.15, 0.2) is 48.8 Å². The Kier molecular flexibility index (Phi) is 3.72. The van der Waals surface area contributed by atoms with Crippen LogP contribution in [-0.4, -0.2) is 9.97 Å². The maximum Gasteiger partial charge on any atom is 0.0886 e. The van der Waals surface area contributed by atoms with Gasteiger partial charge in [-0.2, -0.15) is 0 Å². The van der Waals surface area contributed by atoms with Gasteiger partial charge in [-0.15, -0.1) is 0 Å². The van der Waals surface area contributed by atoms with Gasteiger partial charge in [0.25, 0.3) is 0 Å². The second-order valence-corrected chi connectivity index (χ2v) is 2.43. The first-order valence-corrected chi connectivity index (χ1v) is 3.79. The molecule has 0 aliphatic rings. The zero-order valence-electron chi connectivity index (χ0n) is 6.85. The fourth-order valence-electron chi connectivity index (χ4n) is 1.03. The van der Waals surface area contributed by atoms with Crippen LogP contribution in [0.5, 0.6) is 0 Å². The maximum absolute atomic E-state index is 4.19. The standard InChI is InChI=1S/C10H8N2.Rh/c1-3-7-11-9(5-1)10-6-2-4-8-12-10;/h1-8H;. The third-order valence-corrected chi connectivity index (χ3v) is 1.59. The molecular formula is C10H8N2Rh. The van der Waals surface area contributed by atoms with Crippen molar-refractivity contribution in [2.75, 3.05) is 0 Å². The first-order chi connectivity index (χ1) is 5.97. The Hall–Kier alpha value is -1.08. The number of aromatic nitrogens is 2. The number of nitrogens with zero attached hydrogens (tertiary/aromatic N) is 2. The van der Waals surface area contributed by atoms with E-state index in [2.05, 4.69) is 9.97 Å². The molecule has 0 unspecified atom stereocenters. The largest absolute Gasteiger partial charge is 0.255 e. The summed E-state index contributed by atoms with van der Waals surface area (Å²) < 4.78 is 0. The first-order valence-electron chi connectivity index (χ1n) is 3.79. The van der Waals surface area contributed by atoms with Crippen LogP contribution < -0.4 is 0 Å². The monoisotopic (exact) mass is 259 g/mol. The van der Waals surface area contributed by atoms with E-state index in [9.17, 15) is 0 Å². The molecule has 0 amide bonds. The molecule has 67 valence electrons. The summed E-state index contributed by atoms with van der Waals surface area (Å²) in [5.41, 5.74) is 1.83. The van der Waals surface area contributed by atoms with Crippen molar-refractivity contribution in [1.29, 1.82) is 0 Å². The minimum absolute atomic E-state index is 0. The molecule has 0 aliphatic carbocycles. The minimum atomic E-state index is 0. The third-order valence-electron chi connectivity index (χ3n) is 1.59. The van der Waals surface area contributed by atoms with Crippen molar-refractivity contribution in [1.82, 2.24) is 9.97 Å². The van der Waals surface area contributed by atoms with E-state index in [0.29, 0.717) is 0 Å². The van der Waals surface area contributed by atoms with Gasteiger partial charge in [-0.1, -0.05) is 12.1 Å². The van der Waals surface area contributed by atoms with Crippen molar-refractivity contribution in [3.63, 3.8) is 0 Å². The van der Waals surface area contributed by atoms with E-state index in [-0.39, 0.29) is 19.5 Å². The van der Waals surface area contributed by atoms with Gasteiger partial charge in [-0.25, -0.2) is 0 Å². The van der Waals surface area contributed by atoms with Crippen molar-refractivity contribution in [3.8, 4) is 11.4 Å². The predicted molar refractivity (Wildman–Crippen MR) is 47.5 cm³/mol. The summed E-state index contributed by atoms with van der Waals surface area (Å²) in [5.74, 6) is 0. The van der Waals surface area contributed by atoms with Crippen molar-refractivity contribution >= 4 is 0 Å². The molecule has 0 bridgehead atoms. The van der Waals surface area contributed by atoms with Crippen LogP contribution in [0.1, 0.15) is 0 Å². The van der Waals surface area contributed by atoms with E-state index in [4.69, 9.17) is 0 Å². The Morgan fingerprint density at radius 3 is 1.46 bits per heavy atom. The summed E-state index contributed by atoms with van der Waals surface area (Å²) in [6.45, 7) is 0. The molecule has 0 spiro atoms. The Balaban J connectivity index is 0.000000845. The molecule has 2 nitrogen and oxygen atoms in total. The first kappa shape index (κ1) is 10.0. The molecule has 2 aromatic rings. The number of hydrogen-bond donors (Lipinski definition) is 0. The average molecular weight is 259 g/mol. The molecule has 0 aromatic carbocycles. The Morgan fingerprint density at radius 2 is 1.15 bits per heavy atom.